The molecule has 0 radical (unpaired) electrons. The highest BCUT2D eigenvalue weighted by Gasteiger charge is 2.45. The molecule has 2 aliphatic heterocycles. The molecule has 2 unspecified atom stereocenters. The van der Waals surface area contributed by atoms with Gasteiger partial charge in [-0.2, -0.15) is 18.4 Å². The summed E-state index contributed by atoms with van der Waals surface area (Å²) in [6.45, 7) is 3.42. The van der Waals surface area contributed by atoms with Crippen molar-refractivity contribution in [2.24, 2.45) is 11.8 Å². The Kier molecular flexibility index (Phi) is 7.34. The lowest BCUT2D eigenvalue weighted by atomic mass is 9.73. The average Bonchev–Trinajstić information content (AvgIpc) is 3.36. The summed E-state index contributed by atoms with van der Waals surface area (Å²) in [5.74, 6) is -1.59. The zero-order chi connectivity index (χ0) is 28.6. The Morgan fingerprint density at radius 1 is 1.25 bits per heavy atom. The highest BCUT2D eigenvalue weighted by molar-refractivity contribution is 8.03. The van der Waals surface area contributed by atoms with Crippen LogP contribution in [0.4, 0.5) is 24.5 Å². The second-order valence-corrected chi connectivity index (χ2v) is 10.5. The zero-order valence-electron chi connectivity index (χ0n) is 21.7. The van der Waals surface area contributed by atoms with Crippen LogP contribution in [-0.4, -0.2) is 18.4 Å². The number of anilines is 2. The lowest BCUT2D eigenvalue weighted by Crippen LogP contribution is -2.44. The van der Waals surface area contributed by atoms with E-state index in [-0.39, 0.29) is 29.6 Å². The molecule has 2 aromatic rings. The average molecular weight is 563 g/mol. The smallest absolute Gasteiger partial charge is 0.416 e. The van der Waals surface area contributed by atoms with Crippen molar-refractivity contribution >= 4 is 34.9 Å². The summed E-state index contributed by atoms with van der Waals surface area (Å²) in [6.07, 6.45) is 1.20. The van der Waals surface area contributed by atoms with E-state index in [4.69, 9.17) is 4.74 Å². The zero-order valence-corrected chi connectivity index (χ0v) is 22.5. The number of hydrogen-bond donors (Lipinski definition) is 2. The van der Waals surface area contributed by atoms with Gasteiger partial charge in [0.15, 0.2) is 0 Å². The fraction of sp³-hybridized carbons (Fsp3) is 0.233. The molecule has 2 heterocycles. The number of nitrogens with one attached hydrogen (secondary N) is 2. The number of hydrogen-bond acceptors (Lipinski definition) is 6. The molecular weight excluding hydrogens is 537 g/mol. The van der Waals surface area contributed by atoms with Gasteiger partial charge in [-0.1, -0.05) is 42.1 Å². The van der Waals surface area contributed by atoms with E-state index in [0.717, 1.165) is 22.7 Å². The summed E-state index contributed by atoms with van der Waals surface area (Å²) in [4.78, 5) is 15.9. The molecule has 2 N–H and O–H groups in total. The Balaban J connectivity index is 1.74. The number of carbonyl (C=O) groups excluding carboxylic acids is 1. The van der Waals surface area contributed by atoms with E-state index < -0.39 is 23.6 Å². The second-order valence-electron chi connectivity index (χ2n) is 9.43. The molecule has 10 heteroatoms. The minimum absolute atomic E-state index is 0.0406. The summed E-state index contributed by atoms with van der Waals surface area (Å²) in [5, 5.41) is 22.7. The molecule has 2 aromatic carbocycles. The van der Waals surface area contributed by atoms with Gasteiger partial charge >= 0.3 is 12.1 Å². The van der Waals surface area contributed by atoms with Crippen molar-refractivity contribution in [3.63, 3.8) is 0 Å². The summed E-state index contributed by atoms with van der Waals surface area (Å²) in [6, 6.07) is 14.5. The molecule has 204 valence electrons. The van der Waals surface area contributed by atoms with Gasteiger partial charge in [-0.15, -0.1) is 0 Å². The van der Waals surface area contributed by atoms with E-state index in [9.17, 15) is 28.6 Å². The molecule has 0 saturated heterocycles. The van der Waals surface area contributed by atoms with Gasteiger partial charge in [-0.05, 0) is 62.6 Å². The van der Waals surface area contributed by atoms with Gasteiger partial charge in [0.2, 0.25) is 0 Å². The SMILES string of the molecule is CCOC(=O)C1=C(C)N(c2cccc(C(F)(F)F)c2)C(=N)C(=C2Nc3ccccc3S2)C1C1C=CC(C#N)=CC1. The predicted octanol–water partition coefficient (Wildman–Crippen LogP) is 7.41. The first-order chi connectivity index (χ1) is 19.1. The number of alkyl halides is 3. The Morgan fingerprint density at radius 3 is 2.67 bits per heavy atom. The Hall–Kier alpha value is -4.23. The Labute approximate surface area is 234 Å². The van der Waals surface area contributed by atoms with Crippen LogP contribution in [0.3, 0.4) is 0 Å². The molecule has 0 saturated carbocycles. The van der Waals surface area contributed by atoms with Gasteiger partial charge in [0.05, 0.1) is 34.5 Å². The maximum Gasteiger partial charge on any atom is 0.416 e. The number of ether oxygens (including phenoxy) is 1. The number of carbonyl (C=O) groups is 1. The lowest BCUT2D eigenvalue weighted by Gasteiger charge is -2.41. The van der Waals surface area contributed by atoms with E-state index in [1.165, 1.54) is 28.8 Å². The molecule has 0 fully saturated rings. The maximum atomic E-state index is 13.7. The van der Waals surface area contributed by atoms with Crippen molar-refractivity contribution in [2.75, 3.05) is 16.8 Å². The predicted molar refractivity (Wildman–Crippen MR) is 148 cm³/mol. The number of thioether (sulfide) groups is 1. The molecule has 5 rings (SSSR count). The number of para-hydroxylation sites is 1. The van der Waals surface area contributed by atoms with Gasteiger partial charge in [0.25, 0.3) is 0 Å². The first kappa shape index (κ1) is 27.3. The minimum atomic E-state index is -4.58. The van der Waals surface area contributed by atoms with Crippen LogP contribution in [0, 0.1) is 28.6 Å². The largest absolute Gasteiger partial charge is 0.463 e. The fourth-order valence-electron chi connectivity index (χ4n) is 5.24. The number of amidine groups is 1. The van der Waals surface area contributed by atoms with Crippen LogP contribution < -0.4 is 10.2 Å². The maximum absolute atomic E-state index is 13.7. The van der Waals surface area contributed by atoms with E-state index in [1.54, 1.807) is 26.0 Å². The summed E-state index contributed by atoms with van der Waals surface area (Å²) >= 11 is 1.41. The van der Waals surface area contributed by atoms with E-state index in [0.29, 0.717) is 28.3 Å². The quantitative estimate of drug-likeness (QED) is 0.377. The van der Waals surface area contributed by atoms with E-state index in [1.807, 2.05) is 30.3 Å². The number of fused-ring (bicyclic) bond motifs is 1. The first-order valence-electron chi connectivity index (χ1n) is 12.6. The normalized spacial score (nSPS) is 22.4. The Bertz CT molecular complexity index is 1540. The van der Waals surface area contributed by atoms with Crippen molar-refractivity contribution in [3.05, 3.63) is 99.8 Å². The van der Waals surface area contributed by atoms with Crippen LogP contribution >= 0.6 is 11.8 Å². The summed E-state index contributed by atoms with van der Waals surface area (Å²) < 4.78 is 46.4. The van der Waals surface area contributed by atoms with Crippen molar-refractivity contribution in [1.29, 1.82) is 10.7 Å². The Morgan fingerprint density at radius 2 is 2.02 bits per heavy atom. The molecule has 6 nitrogen and oxygen atoms in total. The molecule has 1 aliphatic carbocycles. The van der Waals surface area contributed by atoms with Gasteiger partial charge < -0.3 is 10.1 Å². The summed E-state index contributed by atoms with van der Waals surface area (Å²) in [5.41, 5.74) is 1.64. The molecule has 0 aromatic heterocycles. The number of nitrogens with zero attached hydrogens (tertiary/aromatic N) is 2. The third kappa shape index (κ3) is 4.93. The fourth-order valence-corrected chi connectivity index (χ4v) is 6.33. The lowest BCUT2D eigenvalue weighted by molar-refractivity contribution is -0.139. The standard InChI is InChI=1S/C30H25F3N4O2S/c1-3-39-29(38)24-17(2)37(21-8-6-7-20(15-21)30(31,32)33)27(35)26(25(24)19-13-11-18(16-34)12-14-19)28-36-22-9-4-5-10-23(22)40-28/h4-13,15,19,25,35-36H,3,14H2,1-2H3. The molecule has 0 bridgehead atoms. The number of benzene rings is 2. The topological polar surface area (TPSA) is 89.2 Å². The number of halogens is 3. The van der Waals surface area contributed by atoms with Crippen LogP contribution in [0.15, 0.2) is 99.1 Å². The monoisotopic (exact) mass is 562 g/mol. The summed E-state index contributed by atoms with van der Waals surface area (Å²) in [7, 11) is 0. The van der Waals surface area contributed by atoms with Crippen LogP contribution in [0.1, 0.15) is 25.8 Å². The number of allylic oxidation sites excluding steroid dienone is 5. The molecular formula is C30H25F3N4O2S. The highest BCUT2D eigenvalue weighted by Crippen LogP contribution is 2.50. The third-order valence-electron chi connectivity index (χ3n) is 7.04. The minimum Gasteiger partial charge on any atom is -0.463 e. The molecule has 0 amide bonds. The number of esters is 1. The van der Waals surface area contributed by atoms with Crippen molar-refractivity contribution < 1.29 is 22.7 Å². The number of rotatable bonds is 4. The van der Waals surface area contributed by atoms with Crippen molar-refractivity contribution in [2.45, 2.75) is 31.3 Å². The van der Waals surface area contributed by atoms with E-state index in [2.05, 4.69) is 11.4 Å². The second kappa shape index (κ2) is 10.7. The van der Waals surface area contributed by atoms with E-state index >= 15 is 0 Å². The highest BCUT2D eigenvalue weighted by atomic mass is 32.2. The van der Waals surface area contributed by atoms with Crippen LogP contribution in [0.2, 0.25) is 0 Å². The van der Waals surface area contributed by atoms with Gasteiger partial charge in [-0.3, -0.25) is 10.3 Å². The van der Waals surface area contributed by atoms with Gasteiger partial charge in [-0.25, -0.2) is 4.79 Å². The first-order valence-corrected chi connectivity index (χ1v) is 13.5. The van der Waals surface area contributed by atoms with Crippen molar-refractivity contribution in [1.82, 2.24) is 0 Å². The van der Waals surface area contributed by atoms with Crippen LogP contribution in [-0.2, 0) is 15.7 Å². The molecule has 0 spiro atoms. The molecule has 40 heavy (non-hydrogen) atoms. The molecule has 3 aliphatic rings. The van der Waals surface area contributed by atoms with Crippen LogP contribution in [0.25, 0.3) is 0 Å². The third-order valence-corrected chi connectivity index (χ3v) is 8.14. The van der Waals surface area contributed by atoms with Gasteiger partial charge in [0.1, 0.15) is 5.84 Å². The number of nitriles is 1. The van der Waals surface area contributed by atoms with Crippen LogP contribution in [0.5, 0.6) is 0 Å². The van der Waals surface area contributed by atoms with Crippen molar-refractivity contribution in [3.8, 4) is 6.07 Å². The molecule has 2 atom stereocenters. The van der Waals surface area contributed by atoms with Gasteiger partial charge in [0, 0.05) is 33.3 Å².